The van der Waals surface area contributed by atoms with Gasteiger partial charge in [-0.1, -0.05) is 47.5 Å². The minimum absolute atomic E-state index is 0.838. The van der Waals surface area contributed by atoms with Gasteiger partial charge in [-0.05, 0) is 49.6 Å². The van der Waals surface area contributed by atoms with Crippen LogP contribution in [0.25, 0.3) is 22.0 Å². The van der Waals surface area contributed by atoms with Crippen molar-refractivity contribution >= 4 is 10.9 Å². The lowest BCUT2D eigenvalue weighted by molar-refractivity contribution is 0.0343. The van der Waals surface area contributed by atoms with Crippen molar-refractivity contribution in [3.05, 3.63) is 71.4 Å². The Balaban J connectivity index is 1.75. The van der Waals surface area contributed by atoms with Crippen LogP contribution in [0.2, 0.25) is 0 Å². The Hall–Kier alpha value is -2.36. The molecule has 1 saturated heterocycles. The molecule has 3 heteroatoms. The van der Waals surface area contributed by atoms with Gasteiger partial charge >= 0.3 is 0 Å². The number of ether oxygens (including phenoxy) is 1. The lowest BCUT2D eigenvalue weighted by atomic mass is 10.0. The normalized spacial score (nSPS) is 15.1. The fourth-order valence-corrected chi connectivity index (χ4v) is 3.93. The highest BCUT2D eigenvalue weighted by Crippen LogP contribution is 2.29. The maximum atomic E-state index is 5.53. The third-order valence-electron chi connectivity index (χ3n) is 5.51. The lowest BCUT2D eigenvalue weighted by Gasteiger charge is -2.26. The summed E-state index contributed by atoms with van der Waals surface area (Å²) >= 11 is 0. The van der Waals surface area contributed by atoms with Crippen molar-refractivity contribution in [2.45, 2.75) is 33.9 Å². The van der Waals surface area contributed by atoms with Crippen LogP contribution in [-0.4, -0.2) is 35.8 Å². The number of fused-ring (bicyclic) bond motifs is 1. The second kappa shape index (κ2) is 8.34. The van der Waals surface area contributed by atoms with E-state index in [9.17, 15) is 0 Å². The Bertz CT molecular complexity index is 989. The summed E-state index contributed by atoms with van der Waals surface area (Å²) in [6, 6.07) is 15.7. The number of hydrogen-bond acceptors (Lipinski definition) is 2. The minimum Gasteiger partial charge on any atom is -0.379 e. The number of hydrogen-bond donors (Lipinski definition) is 0. The molecule has 1 aliphatic heterocycles. The summed E-state index contributed by atoms with van der Waals surface area (Å²) in [5.41, 5.74) is 7.96. The summed E-state index contributed by atoms with van der Waals surface area (Å²) in [7, 11) is 0. The SMILES string of the molecule is CC(C)=CCn1cc(CN2CCOCC2)c2cc(-c3cccc(C)c3)ccc21. The van der Waals surface area contributed by atoms with Crippen LogP contribution in [0, 0.1) is 6.92 Å². The van der Waals surface area contributed by atoms with Crippen LogP contribution in [0.1, 0.15) is 25.0 Å². The molecule has 2 aromatic carbocycles. The second-order valence-electron chi connectivity index (χ2n) is 8.08. The van der Waals surface area contributed by atoms with Gasteiger partial charge in [0.2, 0.25) is 0 Å². The van der Waals surface area contributed by atoms with Gasteiger partial charge in [-0.25, -0.2) is 0 Å². The lowest BCUT2D eigenvalue weighted by Crippen LogP contribution is -2.35. The third kappa shape index (κ3) is 4.21. The molecule has 0 atom stereocenters. The molecular formula is C25H30N2O. The van der Waals surface area contributed by atoms with Gasteiger partial charge in [0.05, 0.1) is 13.2 Å². The average Bonchev–Trinajstić information content (AvgIpc) is 3.04. The average molecular weight is 375 g/mol. The van der Waals surface area contributed by atoms with Gasteiger partial charge in [0, 0.05) is 43.3 Å². The minimum atomic E-state index is 0.838. The number of benzene rings is 2. The Morgan fingerprint density at radius 3 is 2.57 bits per heavy atom. The van der Waals surface area contributed by atoms with Crippen LogP contribution in [0.3, 0.4) is 0 Å². The van der Waals surface area contributed by atoms with E-state index in [1.807, 2.05) is 0 Å². The molecule has 146 valence electrons. The molecule has 1 fully saturated rings. The van der Waals surface area contributed by atoms with Gasteiger partial charge in [-0.3, -0.25) is 4.90 Å². The molecule has 4 rings (SSSR count). The number of aryl methyl sites for hydroxylation is 1. The van der Waals surface area contributed by atoms with E-state index in [1.165, 1.54) is 38.7 Å². The fourth-order valence-electron chi connectivity index (χ4n) is 3.93. The molecule has 0 spiro atoms. The first-order valence-electron chi connectivity index (χ1n) is 10.2. The Labute approximate surface area is 168 Å². The molecule has 2 heterocycles. The molecular weight excluding hydrogens is 344 g/mol. The third-order valence-corrected chi connectivity index (χ3v) is 5.51. The summed E-state index contributed by atoms with van der Waals surface area (Å²) in [6.45, 7) is 12.1. The molecule has 3 aromatic rings. The quantitative estimate of drug-likeness (QED) is 0.555. The van der Waals surface area contributed by atoms with E-state index >= 15 is 0 Å². The second-order valence-corrected chi connectivity index (χ2v) is 8.08. The Kier molecular flexibility index (Phi) is 5.65. The Morgan fingerprint density at radius 2 is 1.82 bits per heavy atom. The predicted octanol–water partition coefficient (Wildman–Crippen LogP) is 5.42. The summed E-state index contributed by atoms with van der Waals surface area (Å²) in [5, 5.41) is 1.37. The van der Waals surface area contributed by atoms with Crippen LogP contribution in [0.4, 0.5) is 0 Å². The molecule has 0 saturated carbocycles. The van der Waals surface area contributed by atoms with Crippen LogP contribution in [-0.2, 0) is 17.8 Å². The number of rotatable bonds is 5. The maximum absolute atomic E-state index is 5.53. The van der Waals surface area contributed by atoms with Crippen molar-refractivity contribution in [2.24, 2.45) is 0 Å². The number of morpholine rings is 1. The van der Waals surface area contributed by atoms with Gasteiger partial charge in [-0.2, -0.15) is 0 Å². The van der Waals surface area contributed by atoms with Crippen LogP contribution in [0.5, 0.6) is 0 Å². The zero-order valence-corrected chi connectivity index (χ0v) is 17.2. The number of aromatic nitrogens is 1. The van der Waals surface area contributed by atoms with Crippen molar-refractivity contribution in [3.63, 3.8) is 0 Å². The van der Waals surface area contributed by atoms with Gasteiger partial charge in [0.1, 0.15) is 0 Å². The number of nitrogens with zero attached hydrogens (tertiary/aromatic N) is 2. The van der Waals surface area contributed by atoms with Gasteiger partial charge in [-0.15, -0.1) is 0 Å². The van der Waals surface area contributed by atoms with Crippen LogP contribution in [0.15, 0.2) is 60.3 Å². The summed E-state index contributed by atoms with van der Waals surface area (Å²) in [4.78, 5) is 2.50. The zero-order valence-electron chi connectivity index (χ0n) is 17.2. The van der Waals surface area contributed by atoms with E-state index in [1.54, 1.807) is 0 Å². The van der Waals surface area contributed by atoms with Gasteiger partial charge in [0.15, 0.2) is 0 Å². The fraction of sp³-hybridized carbons (Fsp3) is 0.360. The van der Waals surface area contributed by atoms with E-state index in [4.69, 9.17) is 4.74 Å². The maximum Gasteiger partial charge on any atom is 0.0594 e. The van der Waals surface area contributed by atoms with E-state index in [2.05, 4.69) is 85.0 Å². The van der Waals surface area contributed by atoms with E-state index in [-0.39, 0.29) is 0 Å². The molecule has 0 aliphatic carbocycles. The molecule has 28 heavy (non-hydrogen) atoms. The van der Waals surface area contributed by atoms with Gasteiger partial charge < -0.3 is 9.30 Å². The molecule has 1 aromatic heterocycles. The highest BCUT2D eigenvalue weighted by molar-refractivity contribution is 5.88. The highest BCUT2D eigenvalue weighted by Gasteiger charge is 2.15. The topological polar surface area (TPSA) is 17.4 Å². The largest absolute Gasteiger partial charge is 0.379 e. The summed E-state index contributed by atoms with van der Waals surface area (Å²) in [6.07, 6.45) is 4.64. The molecule has 0 amide bonds. The molecule has 0 N–H and O–H groups in total. The highest BCUT2D eigenvalue weighted by atomic mass is 16.5. The first kappa shape index (κ1) is 19.0. The first-order chi connectivity index (χ1) is 13.6. The van der Waals surface area contributed by atoms with Crippen molar-refractivity contribution in [1.29, 1.82) is 0 Å². The summed E-state index contributed by atoms with van der Waals surface area (Å²) in [5.74, 6) is 0. The standard InChI is InChI=1S/C25H30N2O/c1-19(2)9-10-27-18-23(17-26-11-13-28-14-12-26)24-16-22(7-8-25(24)27)21-6-4-5-20(3)15-21/h4-9,15-16,18H,10-14,17H2,1-3H3. The van der Waals surface area contributed by atoms with E-state index < -0.39 is 0 Å². The smallest absolute Gasteiger partial charge is 0.0594 e. The zero-order chi connectivity index (χ0) is 19.5. The molecule has 0 bridgehead atoms. The van der Waals surface area contributed by atoms with Crippen LogP contribution < -0.4 is 0 Å². The Morgan fingerprint density at radius 1 is 1.04 bits per heavy atom. The van der Waals surface area contributed by atoms with Crippen LogP contribution >= 0.6 is 0 Å². The van der Waals surface area contributed by atoms with Crippen molar-refractivity contribution in [3.8, 4) is 11.1 Å². The predicted molar refractivity (Wildman–Crippen MR) is 118 cm³/mol. The monoisotopic (exact) mass is 374 g/mol. The van der Waals surface area contributed by atoms with E-state index in [0.717, 1.165) is 39.4 Å². The molecule has 1 aliphatic rings. The number of allylic oxidation sites excluding steroid dienone is 2. The van der Waals surface area contributed by atoms with Crippen molar-refractivity contribution in [2.75, 3.05) is 26.3 Å². The molecule has 3 nitrogen and oxygen atoms in total. The summed E-state index contributed by atoms with van der Waals surface area (Å²) < 4.78 is 7.92. The first-order valence-corrected chi connectivity index (χ1v) is 10.2. The van der Waals surface area contributed by atoms with Gasteiger partial charge in [0.25, 0.3) is 0 Å². The van der Waals surface area contributed by atoms with Crippen molar-refractivity contribution < 1.29 is 4.74 Å². The molecule has 0 radical (unpaired) electrons. The molecule has 0 unspecified atom stereocenters. The van der Waals surface area contributed by atoms with Crippen molar-refractivity contribution in [1.82, 2.24) is 9.47 Å². The van der Waals surface area contributed by atoms with E-state index in [0.29, 0.717) is 0 Å².